The molecule has 1 saturated carbocycles. The van der Waals surface area contributed by atoms with Crippen molar-refractivity contribution in [2.24, 2.45) is 0 Å². The molecule has 4 heterocycles. The number of nitrogens with one attached hydrogen (secondary N) is 2. The second-order valence-electron chi connectivity index (χ2n) is 13.1. The van der Waals surface area contributed by atoms with Gasteiger partial charge in [0.05, 0.1) is 16.6 Å². The van der Waals surface area contributed by atoms with E-state index in [-0.39, 0.29) is 23.4 Å². The van der Waals surface area contributed by atoms with Gasteiger partial charge in [-0.3, -0.25) is 9.69 Å². The van der Waals surface area contributed by atoms with Crippen LogP contribution < -0.4 is 21.1 Å². The molecule has 7 rings (SSSR count). The third kappa shape index (κ3) is 6.86. The van der Waals surface area contributed by atoms with Gasteiger partial charge in [0.15, 0.2) is 0 Å². The molecule has 4 aromatic rings. The van der Waals surface area contributed by atoms with Crippen molar-refractivity contribution in [3.63, 3.8) is 0 Å². The number of piperazine rings is 1. The van der Waals surface area contributed by atoms with Crippen LogP contribution in [-0.4, -0.2) is 76.6 Å². The SMILES string of the molecule is CN1CCN(Cc2ccc(NC=O)cc2C(F)(F)F)CC1.CNc1ccc(-c2cn(C3CC3)c3ncnc(N)c23)c2c1OC(C)(C)C2. The van der Waals surface area contributed by atoms with Crippen LogP contribution in [-0.2, 0) is 23.9 Å². The van der Waals surface area contributed by atoms with Gasteiger partial charge in [0.1, 0.15) is 29.1 Å². The van der Waals surface area contributed by atoms with Crippen molar-refractivity contribution >= 4 is 34.6 Å². The molecule has 3 aliphatic rings. The minimum atomic E-state index is -4.43. The molecular formula is C34H41F3N8O2. The minimum absolute atomic E-state index is 0.152. The maximum atomic E-state index is 13.1. The second kappa shape index (κ2) is 12.7. The Balaban J connectivity index is 0.000000169. The summed E-state index contributed by atoms with van der Waals surface area (Å²) in [5, 5.41) is 6.45. The number of likely N-dealkylation sites (N-methyl/N-ethyl adjacent to an activating group) is 1. The Bertz CT molecular complexity index is 1780. The largest absolute Gasteiger partial charge is 0.485 e. The van der Waals surface area contributed by atoms with Crippen molar-refractivity contribution in [3.05, 3.63) is 59.5 Å². The molecule has 2 fully saturated rings. The van der Waals surface area contributed by atoms with Gasteiger partial charge in [0, 0.05) is 75.2 Å². The lowest BCUT2D eigenvalue weighted by Gasteiger charge is -2.33. The number of halogens is 3. The Hall–Kier alpha value is -4.36. The molecule has 0 unspecified atom stereocenters. The van der Waals surface area contributed by atoms with Crippen LogP contribution in [0.4, 0.5) is 30.4 Å². The van der Waals surface area contributed by atoms with Gasteiger partial charge < -0.3 is 30.6 Å². The van der Waals surface area contributed by atoms with Crippen LogP contribution in [0.1, 0.15) is 49.4 Å². The molecule has 0 spiro atoms. The molecule has 0 radical (unpaired) electrons. The van der Waals surface area contributed by atoms with E-state index < -0.39 is 11.7 Å². The summed E-state index contributed by atoms with van der Waals surface area (Å²) in [7, 11) is 3.92. The molecule has 47 heavy (non-hydrogen) atoms. The quantitative estimate of drug-likeness (QED) is 0.216. The minimum Gasteiger partial charge on any atom is -0.485 e. The molecule has 2 aliphatic heterocycles. The number of hydrogen-bond donors (Lipinski definition) is 3. The molecule has 2 aromatic carbocycles. The zero-order valence-electron chi connectivity index (χ0n) is 27.1. The number of ether oxygens (including phenoxy) is 1. The fourth-order valence-corrected chi connectivity index (χ4v) is 6.43. The summed E-state index contributed by atoms with van der Waals surface area (Å²) in [5.74, 6) is 1.48. The van der Waals surface area contributed by atoms with Crippen molar-refractivity contribution in [1.82, 2.24) is 24.3 Å². The number of nitrogens with two attached hydrogens (primary N) is 1. The average molecular weight is 651 g/mol. The van der Waals surface area contributed by atoms with Crippen molar-refractivity contribution in [3.8, 4) is 16.9 Å². The van der Waals surface area contributed by atoms with Crippen LogP contribution in [0.2, 0.25) is 0 Å². The lowest BCUT2D eigenvalue weighted by molar-refractivity contribution is -0.138. The van der Waals surface area contributed by atoms with Crippen molar-refractivity contribution < 1.29 is 22.7 Å². The molecular weight excluding hydrogens is 609 g/mol. The number of alkyl halides is 3. The number of nitrogen functional groups attached to an aromatic ring is 1. The van der Waals surface area contributed by atoms with Gasteiger partial charge >= 0.3 is 6.18 Å². The average Bonchev–Trinajstić information content (AvgIpc) is 3.71. The van der Waals surface area contributed by atoms with Gasteiger partial charge in [-0.15, -0.1) is 0 Å². The van der Waals surface area contributed by atoms with E-state index >= 15 is 0 Å². The maximum absolute atomic E-state index is 13.1. The highest BCUT2D eigenvalue weighted by Gasteiger charge is 2.36. The van der Waals surface area contributed by atoms with Gasteiger partial charge in [0.25, 0.3) is 0 Å². The molecule has 250 valence electrons. The number of rotatable bonds is 7. The van der Waals surface area contributed by atoms with Crippen LogP contribution in [0.5, 0.6) is 5.75 Å². The lowest BCUT2D eigenvalue weighted by Crippen LogP contribution is -2.44. The van der Waals surface area contributed by atoms with Crippen LogP contribution in [0, 0.1) is 0 Å². The Morgan fingerprint density at radius 2 is 1.83 bits per heavy atom. The highest BCUT2D eigenvalue weighted by molar-refractivity contribution is 6.02. The summed E-state index contributed by atoms with van der Waals surface area (Å²) >= 11 is 0. The topological polar surface area (TPSA) is 114 Å². The predicted octanol–water partition coefficient (Wildman–Crippen LogP) is 5.79. The fraction of sp³-hybridized carbons (Fsp3) is 0.441. The Kier molecular flexibility index (Phi) is 8.79. The molecule has 2 aromatic heterocycles. The van der Waals surface area contributed by atoms with E-state index in [4.69, 9.17) is 10.5 Å². The lowest BCUT2D eigenvalue weighted by atomic mass is 9.93. The Morgan fingerprint density at radius 1 is 1.09 bits per heavy atom. The van der Waals surface area contributed by atoms with Gasteiger partial charge in [-0.05, 0) is 63.1 Å². The third-order valence-corrected chi connectivity index (χ3v) is 9.01. The zero-order chi connectivity index (χ0) is 33.5. The van der Waals surface area contributed by atoms with Gasteiger partial charge in [-0.2, -0.15) is 13.2 Å². The molecule has 1 amide bonds. The van der Waals surface area contributed by atoms with Crippen molar-refractivity contribution in [1.29, 1.82) is 0 Å². The van der Waals surface area contributed by atoms with Crippen molar-refractivity contribution in [2.75, 3.05) is 56.6 Å². The Labute approximate surface area is 272 Å². The van der Waals surface area contributed by atoms with E-state index in [0.717, 1.165) is 72.3 Å². The first-order valence-electron chi connectivity index (χ1n) is 15.8. The standard InChI is InChI=1S/C20H23N5O.C14H18F3N3O/c1-20(2)8-13-12(6-7-15(22-3)17(13)26-20)14-9-25(11-4-5-11)19-16(14)18(21)23-10-24-19;1-19-4-6-20(7-5-19)9-11-2-3-12(18-10-21)8-13(11)14(15,16)17/h6-7,9-11,22H,4-5,8H2,1-3H3,(H2,21,23,24);2-3,8,10H,4-7,9H2,1H3,(H,18,21). The number of benzene rings is 2. The number of amides is 1. The summed E-state index contributed by atoms with van der Waals surface area (Å²) in [6.45, 7) is 7.73. The van der Waals surface area contributed by atoms with Crippen LogP contribution in [0.15, 0.2) is 42.9 Å². The van der Waals surface area contributed by atoms with Crippen LogP contribution in [0.25, 0.3) is 22.2 Å². The molecule has 0 atom stereocenters. The number of aromatic nitrogens is 3. The van der Waals surface area contributed by atoms with E-state index in [1.54, 1.807) is 6.33 Å². The summed E-state index contributed by atoms with van der Waals surface area (Å²) in [6, 6.07) is 8.68. The number of hydrogen-bond acceptors (Lipinski definition) is 8. The first-order valence-corrected chi connectivity index (χ1v) is 15.8. The van der Waals surface area contributed by atoms with E-state index in [1.807, 2.05) is 19.0 Å². The van der Waals surface area contributed by atoms with E-state index in [9.17, 15) is 18.0 Å². The van der Waals surface area contributed by atoms with E-state index in [2.05, 4.69) is 62.2 Å². The first kappa shape index (κ1) is 32.6. The molecule has 10 nitrogen and oxygen atoms in total. The molecule has 1 aliphatic carbocycles. The highest BCUT2D eigenvalue weighted by atomic mass is 19.4. The second-order valence-corrected chi connectivity index (χ2v) is 13.1. The van der Waals surface area contributed by atoms with E-state index in [1.165, 1.54) is 30.5 Å². The van der Waals surface area contributed by atoms with Crippen molar-refractivity contribution in [2.45, 2.75) is 57.5 Å². The van der Waals surface area contributed by atoms with Crippen LogP contribution in [0.3, 0.4) is 0 Å². The maximum Gasteiger partial charge on any atom is 0.416 e. The number of carbonyl (C=O) groups excluding carboxylic acids is 1. The molecule has 4 N–H and O–H groups in total. The number of nitrogens with zero attached hydrogens (tertiary/aromatic N) is 5. The van der Waals surface area contributed by atoms with E-state index in [0.29, 0.717) is 18.3 Å². The summed E-state index contributed by atoms with van der Waals surface area (Å²) in [6.07, 6.45) is 2.95. The fourth-order valence-electron chi connectivity index (χ4n) is 6.43. The smallest absolute Gasteiger partial charge is 0.416 e. The Morgan fingerprint density at radius 3 is 2.49 bits per heavy atom. The molecule has 1 saturated heterocycles. The third-order valence-electron chi connectivity index (χ3n) is 9.01. The van der Waals surface area contributed by atoms with Gasteiger partial charge in [0.2, 0.25) is 6.41 Å². The highest BCUT2D eigenvalue weighted by Crippen LogP contribution is 2.48. The number of fused-ring (bicyclic) bond motifs is 2. The normalized spacial score (nSPS) is 17.9. The number of anilines is 3. The molecule has 13 heteroatoms. The predicted molar refractivity (Wildman–Crippen MR) is 178 cm³/mol. The molecule has 0 bridgehead atoms. The first-order chi connectivity index (χ1) is 22.4. The summed E-state index contributed by atoms with van der Waals surface area (Å²) < 4.78 is 47.9. The number of carbonyl (C=O) groups is 1. The summed E-state index contributed by atoms with van der Waals surface area (Å²) in [5.41, 5.74) is 11.2. The van der Waals surface area contributed by atoms with Gasteiger partial charge in [-0.1, -0.05) is 12.1 Å². The van der Waals surface area contributed by atoms with Gasteiger partial charge in [-0.25, -0.2) is 9.97 Å². The monoisotopic (exact) mass is 650 g/mol. The zero-order valence-corrected chi connectivity index (χ0v) is 27.1. The van der Waals surface area contributed by atoms with Crippen LogP contribution >= 0.6 is 0 Å². The summed E-state index contributed by atoms with van der Waals surface area (Å²) in [4.78, 5) is 23.3.